The van der Waals surface area contributed by atoms with Crippen molar-refractivity contribution < 1.29 is 9.59 Å². The number of aromatic nitrogens is 2. The molecular formula is C19H26N4O2. The molecule has 0 fully saturated rings. The van der Waals surface area contributed by atoms with Crippen molar-refractivity contribution in [3.63, 3.8) is 0 Å². The van der Waals surface area contributed by atoms with E-state index < -0.39 is 0 Å². The fourth-order valence-corrected chi connectivity index (χ4v) is 2.50. The maximum atomic E-state index is 12.8. The number of fused-ring (bicyclic) bond motifs is 1. The second-order valence-electron chi connectivity index (χ2n) is 7.22. The Morgan fingerprint density at radius 1 is 1.08 bits per heavy atom. The lowest BCUT2D eigenvalue weighted by Crippen LogP contribution is -2.47. The normalized spacial score (nSPS) is 11.4. The highest BCUT2D eigenvalue weighted by molar-refractivity contribution is 5.99. The van der Waals surface area contributed by atoms with E-state index in [0.29, 0.717) is 17.6 Å². The fraction of sp³-hybridized carbons (Fsp3) is 0.474. The summed E-state index contributed by atoms with van der Waals surface area (Å²) in [6.45, 7) is 11.9. The molecule has 1 heterocycles. The predicted molar refractivity (Wildman–Crippen MR) is 98.5 cm³/mol. The summed E-state index contributed by atoms with van der Waals surface area (Å²) in [6.07, 6.45) is 0. The van der Waals surface area contributed by atoms with Crippen LogP contribution in [0.4, 0.5) is 0 Å². The van der Waals surface area contributed by atoms with Crippen LogP contribution in [0.3, 0.4) is 0 Å². The Morgan fingerprint density at radius 3 is 2.24 bits per heavy atom. The topological polar surface area (TPSA) is 75.2 Å². The minimum Gasteiger partial charge on any atom is -0.350 e. The first-order chi connectivity index (χ1) is 11.6. The Balaban J connectivity index is 2.23. The summed E-state index contributed by atoms with van der Waals surface area (Å²) in [5.74, 6) is -0.358. The highest BCUT2D eigenvalue weighted by Crippen LogP contribution is 2.16. The van der Waals surface area contributed by atoms with Gasteiger partial charge in [0.15, 0.2) is 0 Å². The van der Waals surface area contributed by atoms with Gasteiger partial charge in [-0.15, -0.1) is 0 Å². The summed E-state index contributed by atoms with van der Waals surface area (Å²) < 4.78 is 0. The zero-order valence-electron chi connectivity index (χ0n) is 15.8. The summed E-state index contributed by atoms with van der Waals surface area (Å²) in [6, 6.07) is 5.27. The smallest absolute Gasteiger partial charge is 0.254 e. The van der Waals surface area contributed by atoms with Gasteiger partial charge in [0.25, 0.3) is 5.91 Å². The van der Waals surface area contributed by atoms with E-state index in [0.717, 1.165) is 16.9 Å². The number of rotatable bonds is 4. The number of hydrogen-bond donors (Lipinski definition) is 1. The number of aryl methyl sites for hydroxylation is 2. The minimum absolute atomic E-state index is 0.0310. The molecule has 1 N–H and O–H groups in total. The van der Waals surface area contributed by atoms with E-state index in [2.05, 4.69) is 15.3 Å². The Kier molecular flexibility index (Phi) is 5.40. The van der Waals surface area contributed by atoms with Gasteiger partial charge in [-0.25, -0.2) is 9.97 Å². The van der Waals surface area contributed by atoms with Gasteiger partial charge in [0.2, 0.25) is 5.91 Å². The van der Waals surface area contributed by atoms with Crippen molar-refractivity contribution in [1.82, 2.24) is 20.2 Å². The average Bonchev–Trinajstić information content (AvgIpc) is 2.51. The molecule has 0 atom stereocenters. The largest absolute Gasteiger partial charge is 0.350 e. The average molecular weight is 342 g/mol. The van der Waals surface area contributed by atoms with E-state index in [1.54, 1.807) is 18.2 Å². The van der Waals surface area contributed by atoms with E-state index in [1.165, 1.54) is 4.90 Å². The molecule has 1 aromatic heterocycles. The van der Waals surface area contributed by atoms with Crippen LogP contribution in [0.5, 0.6) is 0 Å². The van der Waals surface area contributed by atoms with Crippen LogP contribution in [-0.2, 0) is 4.79 Å². The summed E-state index contributed by atoms with van der Waals surface area (Å²) in [5, 5.41) is 2.88. The van der Waals surface area contributed by atoms with E-state index in [4.69, 9.17) is 0 Å². The van der Waals surface area contributed by atoms with Crippen LogP contribution < -0.4 is 5.32 Å². The molecule has 0 bridgehead atoms. The zero-order chi connectivity index (χ0) is 18.8. The monoisotopic (exact) mass is 342 g/mol. The van der Waals surface area contributed by atoms with Crippen LogP contribution in [0, 0.1) is 13.8 Å². The summed E-state index contributed by atoms with van der Waals surface area (Å²) >= 11 is 0. The molecule has 2 aromatic rings. The van der Waals surface area contributed by atoms with Crippen molar-refractivity contribution in [2.45, 2.75) is 47.1 Å². The molecule has 0 aliphatic heterocycles. The lowest BCUT2D eigenvalue weighted by atomic mass is 10.1. The van der Waals surface area contributed by atoms with Gasteiger partial charge in [0, 0.05) is 17.6 Å². The molecule has 0 saturated heterocycles. The number of hydrogen-bond acceptors (Lipinski definition) is 4. The first-order valence-electron chi connectivity index (χ1n) is 8.46. The van der Waals surface area contributed by atoms with Gasteiger partial charge < -0.3 is 10.2 Å². The van der Waals surface area contributed by atoms with Crippen molar-refractivity contribution in [3.05, 3.63) is 35.2 Å². The van der Waals surface area contributed by atoms with E-state index in [1.807, 2.05) is 41.5 Å². The Morgan fingerprint density at radius 2 is 1.68 bits per heavy atom. The zero-order valence-corrected chi connectivity index (χ0v) is 15.8. The predicted octanol–water partition coefficient (Wildman–Crippen LogP) is 2.62. The van der Waals surface area contributed by atoms with E-state index in [9.17, 15) is 9.59 Å². The second kappa shape index (κ2) is 7.17. The Labute approximate surface area is 148 Å². The van der Waals surface area contributed by atoms with Crippen LogP contribution in [0.25, 0.3) is 11.0 Å². The number of likely N-dealkylation sites (N-methyl/N-ethyl adjacent to an activating group) is 1. The molecule has 134 valence electrons. The second-order valence-corrected chi connectivity index (χ2v) is 7.22. The quantitative estimate of drug-likeness (QED) is 0.927. The molecule has 0 spiro atoms. The van der Waals surface area contributed by atoms with Crippen LogP contribution >= 0.6 is 0 Å². The van der Waals surface area contributed by atoms with Crippen LogP contribution in [0.2, 0.25) is 0 Å². The van der Waals surface area contributed by atoms with Gasteiger partial charge in [0.05, 0.1) is 29.0 Å². The SMILES string of the molecule is CCN(CC(=O)NC(C)(C)C)C(=O)c1ccc2nc(C)c(C)nc2c1. The lowest BCUT2D eigenvalue weighted by molar-refractivity contribution is -0.123. The van der Waals surface area contributed by atoms with Gasteiger partial charge in [-0.2, -0.15) is 0 Å². The van der Waals surface area contributed by atoms with Crippen molar-refractivity contribution in [2.24, 2.45) is 0 Å². The molecule has 2 amide bonds. The van der Waals surface area contributed by atoms with Crippen molar-refractivity contribution in [2.75, 3.05) is 13.1 Å². The van der Waals surface area contributed by atoms with Gasteiger partial charge in [-0.3, -0.25) is 9.59 Å². The number of carbonyl (C=O) groups is 2. The summed E-state index contributed by atoms with van der Waals surface area (Å²) in [5.41, 5.74) is 3.34. The van der Waals surface area contributed by atoms with Crippen LogP contribution in [0.1, 0.15) is 49.4 Å². The molecular weight excluding hydrogens is 316 g/mol. The van der Waals surface area contributed by atoms with Gasteiger partial charge >= 0.3 is 0 Å². The van der Waals surface area contributed by atoms with E-state index in [-0.39, 0.29) is 23.9 Å². The summed E-state index contributed by atoms with van der Waals surface area (Å²) in [4.78, 5) is 35.4. The Bertz CT molecular complexity index is 809. The van der Waals surface area contributed by atoms with E-state index >= 15 is 0 Å². The number of amides is 2. The number of carbonyl (C=O) groups excluding carboxylic acids is 2. The lowest BCUT2D eigenvalue weighted by Gasteiger charge is -2.25. The van der Waals surface area contributed by atoms with Gasteiger partial charge in [-0.1, -0.05) is 0 Å². The molecule has 6 heteroatoms. The highest BCUT2D eigenvalue weighted by Gasteiger charge is 2.20. The number of benzene rings is 1. The molecule has 0 aliphatic carbocycles. The molecule has 2 rings (SSSR count). The summed E-state index contributed by atoms with van der Waals surface area (Å²) in [7, 11) is 0. The molecule has 25 heavy (non-hydrogen) atoms. The molecule has 6 nitrogen and oxygen atoms in total. The van der Waals surface area contributed by atoms with Crippen LogP contribution in [0.15, 0.2) is 18.2 Å². The first-order valence-corrected chi connectivity index (χ1v) is 8.46. The maximum absolute atomic E-state index is 12.8. The number of nitrogens with one attached hydrogen (secondary N) is 1. The van der Waals surface area contributed by atoms with Gasteiger partial charge in [-0.05, 0) is 59.7 Å². The third-order valence-electron chi connectivity index (χ3n) is 3.84. The highest BCUT2D eigenvalue weighted by atomic mass is 16.2. The molecule has 0 aliphatic rings. The minimum atomic E-state index is -0.326. The fourth-order valence-electron chi connectivity index (χ4n) is 2.50. The molecule has 0 unspecified atom stereocenters. The van der Waals surface area contributed by atoms with Gasteiger partial charge in [0.1, 0.15) is 0 Å². The van der Waals surface area contributed by atoms with Crippen molar-refractivity contribution >= 4 is 22.8 Å². The van der Waals surface area contributed by atoms with Crippen molar-refractivity contribution in [1.29, 1.82) is 0 Å². The first kappa shape index (κ1) is 18.8. The Hall–Kier alpha value is -2.50. The number of nitrogens with zero attached hydrogens (tertiary/aromatic N) is 3. The van der Waals surface area contributed by atoms with Crippen molar-refractivity contribution in [3.8, 4) is 0 Å². The molecule has 0 radical (unpaired) electrons. The molecule has 1 aromatic carbocycles. The third-order valence-corrected chi connectivity index (χ3v) is 3.84. The third kappa shape index (κ3) is 4.75. The maximum Gasteiger partial charge on any atom is 0.254 e. The molecule has 0 saturated carbocycles. The van der Waals surface area contributed by atoms with Crippen LogP contribution in [-0.4, -0.2) is 45.3 Å². The standard InChI is InChI=1S/C19H26N4O2/c1-7-23(11-17(24)22-19(4,5)6)18(25)14-8-9-15-16(10-14)21-13(3)12(2)20-15/h8-10H,7,11H2,1-6H3,(H,22,24).